The van der Waals surface area contributed by atoms with Crippen LogP contribution < -0.4 is 0 Å². The van der Waals surface area contributed by atoms with E-state index in [1.165, 1.54) is 0 Å². The molecule has 0 aliphatic heterocycles. The van der Waals surface area contributed by atoms with Gasteiger partial charge in [-0.25, -0.2) is 4.79 Å². The largest absolute Gasteiger partial charge is 0.505 e. The molecule has 0 aliphatic rings. The Hall–Kier alpha value is -0.810. The van der Waals surface area contributed by atoms with Crippen molar-refractivity contribution in [3.8, 4) is 0 Å². The van der Waals surface area contributed by atoms with Crippen LogP contribution in [0.25, 0.3) is 0 Å². The molecule has 0 aromatic heterocycles. The molecule has 90 valence electrons. The van der Waals surface area contributed by atoms with Gasteiger partial charge in [0.05, 0.1) is 25.9 Å². The number of carboxylic acid groups (broad SMARTS) is 1. The average Bonchev–Trinajstić information content (AvgIpc) is 2.21. The van der Waals surface area contributed by atoms with Gasteiger partial charge in [-0.1, -0.05) is 6.92 Å². The highest BCUT2D eigenvalue weighted by molar-refractivity contribution is 5.56. The van der Waals surface area contributed by atoms with Gasteiger partial charge in [0.2, 0.25) is 0 Å². The van der Waals surface area contributed by atoms with Crippen LogP contribution in [0.5, 0.6) is 0 Å². The first kappa shape index (κ1) is 14.2. The first-order chi connectivity index (χ1) is 7.20. The van der Waals surface area contributed by atoms with Crippen molar-refractivity contribution in [1.29, 1.82) is 0 Å². The third-order valence-electron chi connectivity index (χ3n) is 1.91. The molecule has 1 unspecified atom stereocenters. The van der Waals surface area contributed by atoms with Gasteiger partial charge in [-0.05, 0) is 13.3 Å². The van der Waals surface area contributed by atoms with Crippen molar-refractivity contribution in [2.24, 2.45) is 0 Å². The minimum Gasteiger partial charge on any atom is -0.450 e. The topological polar surface area (TPSA) is 65.0 Å². The minimum absolute atomic E-state index is 0.0461. The Labute approximate surface area is 90.3 Å². The number of hydrogen-bond acceptors (Lipinski definition) is 4. The maximum Gasteiger partial charge on any atom is 0.505 e. The van der Waals surface area contributed by atoms with Crippen molar-refractivity contribution in [2.45, 2.75) is 32.8 Å². The molecule has 5 nitrogen and oxygen atoms in total. The standard InChI is InChI=1S/C10H20O5/c1-3-9(5-6-15-10(11)12)14-8-7-13-4-2/h9H,3-8H2,1-2H3,(H,11,12). The molecule has 1 N–H and O–H groups in total. The van der Waals surface area contributed by atoms with Gasteiger partial charge in [0, 0.05) is 13.0 Å². The second-order valence-electron chi connectivity index (χ2n) is 3.00. The summed E-state index contributed by atoms with van der Waals surface area (Å²) in [5.74, 6) is 0. The van der Waals surface area contributed by atoms with E-state index in [0.717, 1.165) is 6.42 Å². The normalized spacial score (nSPS) is 12.4. The number of ether oxygens (including phenoxy) is 3. The lowest BCUT2D eigenvalue weighted by Gasteiger charge is -2.15. The Kier molecular flexibility index (Phi) is 9.21. The average molecular weight is 220 g/mol. The molecule has 0 saturated carbocycles. The zero-order valence-electron chi connectivity index (χ0n) is 9.40. The van der Waals surface area contributed by atoms with Crippen LogP contribution in [0.2, 0.25) is 0 Å². The van der Waals surface area contributed by atoms with E-state index in [0.29, 0.717) is 26.2 Å². The monoisotopic (exact) mass is 220 g/mol. The summed E-state index contributed by atoms with van der Waals surface area (Å²) in [5.41, 5.74) is 0. The number of carbonyl (C=O) groups is 1. The lowest BCUT2D eigenvalue weighted by Crippen LogP contribution is -2.18. The smallest absolute Gasteiger partial charge is 0.450 e. The molecule has 15 heavy (non-hydrogen) atoms. The van der Waals surface area contributed by atoms with E-state index >= 15 is 0 Å². The predicted molar refractivity (Wildman–Crippen MR) is 55.1 cm³/mol. The Morgan fingerprint density at radius 3 is 2.53 bits per heavy atom. The highest BCUT2D eigenvalue weighted by atomic mass is 16.7. The number of hydrogen-bond donors (Lipinski definition) is 1. The van der Waals surface area contributed by atoms with E-state index in [2.05, 4.69) is 4.74 Å². The first-order valence-electron chi connectivity index (χ1n) is 5.25. The van der Waals surface area contributed by atoms with E-state index < -0.39 is 6.16 Å². The summed E-state index contributed by atoms with van der Waals surface area (Å²) in [5, 5.41) is 8.26. The lowest BCUT2D eigenvalue weighted by atomic mass is 10.2. The Bertz CT molecular complexity index is 160. The van der Waals surface area contributed by atoms with Crippen LogP contribution in [0.3, 0.4) is 0 Å². The van der Waals surface area contributed by atoms with E-state index in [4.69, 9.17) is 14.6 Å². The third-order valence-corrected chi connectivity index (χ3v) is 1.91. The molecular formula is C10H20O5. The molecule has 0 saturated heterocycles. The van der Waals surface area contributed by atoms with E-state index in [-0.39, 0.29) is 12.7 Å². The predicted octanol–water partition coefficient (Wildman–Crippen LogP) is 1.90. The molecular weight excluding hydrogens is 200 g/mol. The second-order valence-corrected chi connectivity index (χ2v) is 3.00. The van der Waals surface area contributed by atoms with E-state index in [1.54, 1.807) is 0 Å². The molecule has 0 spiro atoms. The van der Waals surface area contributed by atoms with E-state index in [9.17, 15) is 4.79 Å². The van der Waals surface area contributed by atoms with Crippen molar-refractivity contribution in [2.75, 3.05) is 26.4 Å². The molecule has 0 bridgehead atoms. The Morgan fingerprint density at radius 2 is 2.00 bits per heavy atom. The quantitative estimate of drug-likeness (QED) is 0.475. The van der Waals surface area contributed by atoms with Gasteiger partial charge in [-0.2, -0.15) is 0 Å². The van der Waals surface area contributed by atoms with Crippen LogP contribution >= 0.6 is 0 Å². The van der Waals surface area contributed by atoms with Crippen LogP contribution in [-0.4, -0.2) is 43.8 Å². The first-order valence-corrected chi connectivity index (χ1v) is 5.25. The third kappa shape index (κ3) is 9.49. The van der Waals surface area contributed by atoms with Crippen molar-refractivity contribution in [3.05, 3.63) is 0 Å². The maximum absolute atomic E-state index is 10.1. The maximum atomic E-state index is 10.1. The molecule has 0 aliphatic carbocycles. The van der Waals surface area contributed by atoms with Gasteiger partial charge in [-0.15, -0.1) is 0 Å². The van der Waals surface area contributed by atoms with Crippen molar-refractivity contribution >= 4 is 6.16 Å². The fourth-order valence-corrected chi connectivity index (χ4v) is 1.10. The molecule has 0 fully saturated rings. The lowest BCUT2D eigenvalue weighted by molar-refractivity contribution is -0.00810. The summed E-state index contributed by atoms with van der Waals surface area (Å²) in [6.45, 7) is 5.90. The van der Waals surface area contributed by atoms with Crippen molar-refractivity contribution in [3.63, 3.8) is 0 Å². The Balaban J connectivity index is 3.41. The SMILES string of the molecule is CCOCCOC(CC)CCOC(=O)O. The fraction of sp³-hybridized carbons (Fsp3) is 0.900. The molecule has 0 aromatic rings. The zero-order valence-corrected chi connectivity index (χ0v) is 9.40. The fourth-order valence-electron chi connectivity index (χ4n) is 1.10. The summed E-state index contributed by atoms with van der Waals surface area (Å²) < 4.78 is 15.0. The highest BCUT2D eigenvalue weighted by Gasteiger charge is 2.07. The second kappa shape index (κ2) is 9.73. The summed E-state index contributed by atoms with van der Waals surface area (Å²) in [7, 11) is 0. The van der Waals surface area contributed by atoms with Gasteiger partial charge in [0.25, 0.3) is 0 Å². The summed E-state index contributed by atoms with van der Waals surface area (Å²) in [6.07, 6.45) is 0.244. The van der Waals surface area contributed by atoms with E-state index in [1.807, 2.05) is 13.8 Å². The van der Waals surface area contributed by atoms with Gasteiger partial charge < -0.3 is 19.3 Å². The van der Waals surface area contributed by atoms with Gasteiger partial charge in [-0.3, -0.25) is 0 Å². The molecule has 5 heteroatoms. The summed E-state index contributed by atoms with van der Waals surface area (Å²) >= 11 is 0. The molecule has 0 aromatic carbocycles. The van der Waals surface area contributed by atoms with Crippen molar-refractivity contribution in [1.82, 2.24) is 0 Å². The van der Waals surface area contributed by atoms with Crippen LogP contribution in [0.15, 0.2) is 0 Å². The van der Waals surface area contributed by atoms with Crippen LogP contribution in [-0.2, 0) is 14.2 Å². The number of rotatable bonds is 9. The zero-order chi connectivity index (χ0) is 11.5. The summed E-state index contributed by atoms with van der Waals surface area (Å²) in [6, 6.07) is 0. The van der Waals surface area contributed by atoms with Crippen LogP contribution in [0.4, 0.5) is 4.79 Å². The van der Waals surface area contributed by atoms with Gasteiger partial charge in [0.15, 0.2) is 0 Å². The summed E-state index contributed by atoms with van der Waals surface area (Å²) in [4.78, 5) is 10.1. The highest BCUT2D eigenvalue weighted by Crippen LogP contribution is 2.03. The van der Waals surface area contributed by atoms with Crippen LogP contribution in [0.1, 0.15) is 26.7 Å². The van der Waals surface area contributed by atoms with Gasteiger partial charge in [0.1, 0.15) is 0 Å². The molecule has 0 radical (unpaired) electrons. The molecule has 0 amide bonds. The molecule has 0 rings (SSSR count). The van der Waals surface area contributed by atoms with Crippen LogP contribution in [0, 0.1) is 0 Å². The van der Waals surface area contributed by atoms with Crippen molar-refractivity contribution < 1.29 is 24.1 Å². The minimum atomic E-state index is -1.24. The molecule has 0 heterocycles. The van der Waals surface area contributed by atoms with Gasteiger partial charge >= 0.3 is 6.16 Å². The molecule has 1 atom stereocenters. The Morgan fingerprint density at radius 1 is 1.27 bits per heavy atom.